The lowest BCUT2D eigenvalue weighted by Gasteiger charge is -2.14. The van der Waals surface area contributed by atoms with E-state index in [9.17, 15) is 4.79 Å². The summed E-state index contributed by atoms with van der Waals surface area (Å²) in [4.78, 5) is 11.4. The summed E-state index contributed by atoms with van der Waals surface area (Å²) in [6.07, 6.45) is 7.85. The molecule has 0 spiro atoms. The molecular formula is C12H19ClN2O. The Balaban J connectivity index is 2.07. The molecule has 1 fully saturated rings. The summed E-state index contributed by atoms with van der Waals surface area (Å²) >= 11 is 6.11. The number of aromatic amines is 1. The Labute approximate surface area is 101 Å². The van der Waals surface area contributed by atoms with Crippen molar-refractivity contribution in [3.63, 3.8) is 0 Å². The van der Waals surface area contributed by atoms with Crippen molar-refractivity contribution >= 4 is 11.6 Å². The van der Waals surface area contributed by atoms with Crippen LogP contribution in [-0.2, 0) is 6.54 Å². The number of hydrogen-bond donors (Lipinski definition) is 1. The molecule has 1 aliphatic rings. The second-order valence-electron chi connectivity index (χ2n) is 4.82. The van der Waals surface area contributed by atoms with Gasteiger partial charge in [-0.1, -0.05) is 37.3 Å². The predicted molar refractivity (Wildman–Crippen MR) is 66.0 cm³/mol. The summed E-state index contributed by atoms with van der Waals surface area (Å²) in [6, 6.07) is 0. The molecular weight excluding hydrogens is 224 g/mol. The largest absolute Gasteiger partial charge is 0.273 e. The zero-order valence-corrected chi connectivity index (χ0v) is 10.5. The van der Waals surface area contributed by atoms with Crippen molar-refractivity contribution in [1.29, 1.82) is 0 Å². The van der Waals surface area contributed by atoms with E-state index in [2.05, 4.69) is 5.10 Å². The van der Waals surface area contributed by atoms with Crippen LogP contribution in [0.5, 0.6) is 0 Å². The van der Waals surface area contributed by atoms with Gasteiger partial charge in [-0.25, -0.2) is 0 Å². The average Bonchev–Trinajstić information content (AvgIpc) is 2.53. The van der Waals surface area contributed by atoms with Gasteiger partial charge in [0.05, 0.1) is 5.56 Å². The van der Waals surface area contributed by atoms with Crippen LogP contribution in [0.2, 0.25) is 5.15 Å². The smallest absolute Gasteiger partial charge is 0.268 e. The van der Waals surface area contributed by atoms with Gasteiger partial charge in [0.1, 0.15) is 5.15 Å². The zero-order valence-electron chi connectivity index (χ0n) is 9.76. The number of halogens is 1. The first-order valence-electron chi connectivity index (χ1n) is 6.13. The van der Waals surface area contributed by atoms with E-state index in [0.717, 1.165) is 6.54 Å². The number of aromatic nitrogens is 2. The van der Waals surface area contributed by atoms with Gasteiger partial charge < -0.3 is 0 Å². The fraction of sp³-hybridized carbons (Fsp3) is 0.750. The summed E-state index contributed by atoms with van der Waals surface area (Å²) in [5.74, 6) is 0.669. The van der Waals surface area contributed by atoms with Crippen LogP contribution in [0.4, 0.5) is 0 Å². The molecule has 1 aromatic heterocycles. The van der Waals surface area contributed by atoms with Crippen molar-refractivity contribution in [2.75, 3.05) is 0 Å². The molecule has 1 N–H and O–H groups in total. The number of H-pyrrole nitrogens is 1. The maximum atomic E-state index is 11.4. The van der Waals surface area contributed by atoms with Gasteiger partial charge in [-0.15, -0.1) is 0 Å². The maximum absolute atomic E-state index is 11.4. The minimum atomic E-state index is -0.0568. The van der Waals surface area contributed by atoms with Gasteiger partial charge in [0.15, 0.2) is 0 Å². The van der Waals surface area contributed by atoms with Crippen LogP contribution in [0.15, 0.2) is 4.79 Å². The van der Waals surface area contributed by atoms with E-state index < -0.39 is 0 Å². The Morgan fingerprint density at radius 1 is 1.31 bits per heavy atom. The number of hydrogen-bond acceptors (Lipinski definition) is 1. The highest BCUT2D eigenvalue weighted by Gasteiger charge is 2.16. The third kappa shape index (κ3) is 2.51. The molecule has 16 heavy (non-hydrogen) atoms. The summed E-state index contributed by atoms with van der Waals surface area (Å²) < 4.78 is 1.81. The maximum Gasteiger partial charge on any atom is 0.268 e. The van der Waals surface area contributed by atoms with Crippen molar-refractivity contribution in [3.05, 3.63) is 21.1 Å². The molecule has 0 radical (unpaired) electrons. The average molecular weight is 243 g/mol. The molecule has 0 amide bonds. The van der Waals surface area contributed by atoms with Crippen molar-refractivity contribution in [3.8, 4) is 0 Å². The molecule has 0 bridgehead atoms. The molecule has 1 aromatic rings. The highest BCUT2D eigenvalue weighted by molar-refractivity contribution is 6.30. The normalized spacial score (nSPS) is 18.6. The lowest BCUT2D eigenvalue weighted by molar-refractivity contribution is 0.375. The molecule has 0 aromatic carbocycles. The standard InChI is InChI=1S/C12H19ClN2O/c1-9-11(13)15(14-12(9)16)8-10-6-4-2-3-5-7-10/h10H,2-8H2,1H3,(H,14,16). The molecule has 1 heterocycles. The SMILES string of the molecule is Cc1c(Cl)n(CC2CCCCCC2)[nH]c1=O. The van der Waals surface area contributed by atoms with Crippen molar-refractivity contribution < 1.29 is 0 Å². The number of nitrogens with one attached hydrogen (secondary N) is 1. The Bertz CT molecular complexity index is 400. The summed E-state index contributed by atoms with van der Waals surface area (Å²) in [5.41, 5.74) is 0.578. The minimum absolute atomic E-state index is 0.0568. The van der Waals surface area contributed by atoms with Crippen LogP contribution >= 0.6 is 11.6 Å². The van der Waals surface area contributed by atoms with Gasteiger partial charge in [0.25, 0.3) is 5.56 Å². The summed E-state index contributed by atoms with van der Waals surface area (Å²) in [5, 5.41) is 3.39. The molecule has 1 saturated carbocycles. The van der Waals surface area contributed by atoms with Crippen molar-refractivity contribution in [1.82, 2.24) is 9.78 Å². The summed E-state index contributed by atoms with van der Waals surface area (Å²) in [6.45, 7) is 2.63. The molecule has 0 saturated heterocycles. The van der Waals surface area contributed by atoms with E-state index in [1.54, 1.807) is 6.92 Å². The van der Waals surface area contributed by atoms with Gasteiger partial charge >= 0.3 is 0 Å². The molecule has 1 aliphatic carbocycles. The van der Waals surface area contributed by atoms with E-state index in [-0.39, 0.29) is 5.56 Å². The molecule has 0 unspecified atom stereocenters. The lowest BCUT2D eigenvalue weighted by Crippen LogP contribution is -2.13. The third-order valence-corrected chi connectivity index (χ3v) is 4.03. The van der Waals surface area contributed by atoms with Gasteiger partial charge in [-0.2, -0.15) is 0 Å². The molecule has 0 aliphatic heterocycles. The van der Waals surface area contributed by atoms with E-state index in [4.69, 9.17) is 11.6 Å². The highest BCUT2D eigenvalue weighted by Crippen LogP contribution is 2.25. The molecule has 90 valence electrons. The van der Waals surface area contributed by atoms with Crippen LogP contribution in [0, 0.1) is 12.8 Å². The fourth-order valence-corrected chi connectivity index (χ4v) is 2.68. The van der Waals surface area contributed by atoms with Crippen molar-refractivity contribution in [2.45, 2.75) is 52.0 Å². The molecule has 4 heteroatoms. The molecule has 0 atom stereocenters. The highest BCUT2D eigenvalue weighted by atomic mass is 35.5. The summed E-state index contributed by atoms with van der Waals surface area (Å²) in [7, 11) is 0. The Morgan fingerprint density at radius 3 is 2.44 bits per heavy atom. The van der Waals surface area contributed by atoms with Crippen LogP contribution in [0.25, 0.3) is 0 Å². The van der Waals surface area contributed by atoms with E-state index in [1.165, 1.54) is 38.5 Å². The number of nitrogens with zero attached hydrogens (tertiary/aromatic N) is 1. The van der Waals surface area contributed by atoms with Gasteiger partial charge in [0.2, 0.25) is 0 Å². The first kappa shape index (κ1) is 11.8. The Morgan fingerprint density at radius 2 is 1.94 bits per heavy atom. The predicted octanol–water partition coefficient (Wildman–Crippen LogP) is 3.11. The third-order valence-electron chi connectivity index (χ3n) is 3.54. The van der Waals surface area contributed by atoms with Crippen LogP contribution < -0.4 is 5.56 Å². The minimum Gasteiger partial charge on any atom is -0.273 e. The first-order valence-corrected chi connectivity index (χ1v) is 6.51. The van der Waals surface area contributed by atoms with E-state index in [1.807, 2.05) is 4.68 Å². The lowest BCUT2D eigenvalue weighted by atomic mass is 10.0. The number of rotatable bonds is 2. The quantitative estimate of drug-likeness (QED) is 0.795. The van der Waals surface area contributed by atoms with E-state index >= 15 is 0 Å². The Hall–Kier alpha value is -0.700. The fourth-order valence-electron chi connectivity index (χ4n) is 2.48. The van der Waals surface area contributed by atoms with Crippen LogP contribution in [0.1, 0.15) is 44.1 Å². The zero-order chi connectivity index (χ0) is 11.5. The molecule has 2 rings (SSSR count). The molecule has 3 nitrogen and oxygen atoms in total. The van der Waals surface area contributed by atoms with E-state index in [0.29, 0.717) is 16.6 Å². The van der Waals surface area contributed by atoms with Gasteiger partial charge in [-0.05, 0) is 25.7 Å². The van der Waals surface area contributed by atoms with Gasteiger partial charge in [0, 0.05) is 6.54 Å². The topological polar surface area (TPSA) is 37.8 Å². The van der Waals surface area contributed by atoms with Crippen molar-refractivity contribution in [2.24, 2.45) is 5.92 Å². The second-order valence-corrected chi connectivity index (χ2v) is 5.18. The van der Waals surface area contributed by atoms with Gasteiger partial charge in [-0.3, -0.25) is 14.6 Å². The van der Waals surface area contributed by atoms with Crippen LogP contribution in [0.3, 0.4) is 0 Å². The second kappa shape index (κ2) is 5.09. The Kier molecular flexibility index (Phi) is 3.74. The van der Waals surface area contributed by atoms with Crippen LogP contribution in [-0.4, -0.2) is 9.78 Å². The first-order chi connectivity index (χ1) is 7.68. The monoisotopic (exact) mass is 242 g/mol.